The van der Waals surface area contributed by atoms with Gasteiger partial charge in [0.25, 0.3) is 0 Å². The molecule has 1 aromatic carbocycles. The first kappa shape index (κ1) is 16.9. The summed E-state index contributed by atoms with van der Waals surface area (Å²) in [6, 6.07) is 10.1. The van der Waals surface area contributed by atoms with E-state index in [1.165, 1.54) is 19.3 Å². The third kappa shape index (κ3) is 7.46. The number of unbranched alkanes of at least 4 members (excludes halogenated alkanes) is 1. The first-order chi connectivity index (χ1) is 9.76. The molecule has 20 heavy (non-hydrogen) atoms. The van der Waals surface area contributed by atoms with E-state index >= 15 is 0 Å². The molecular formula is C18H28O2. The van der Waals surface area contributed by atoms with Gasteiger partial charge in [-0.05, 0) is 30.7 Å². The lowest BCUT2D eigenvalue weighted by Gasteiger charge is -2.15. The lowest BCUT2D eigenvalue weighted by atomic mass is 9.95. The fraction of sp³-hybridized carbons (Fsp3) is 0.556. The number of benzene rings is 1. The maximum atomic E-state index is 9.94. The zero-order valence-corrected chi connectivity index (χ0v) is 12.6. The van der Waals surface area contributed by atoms with E-state index in [-0.39, 0.29) is 6.10 Å². The third-order valence-corrected chi connectivity index (χ3v) is 3.55. The van der Waals surface area contributed by atoms with Crippen molar-refractivity contribution in [2.24, 2.45) is 5.92 Å². The minimum atomic E-state index is -0.372. The quantitative estimate of drug-likeness (QED) is 0.609. The molecule has 2 heteroatoms. The number of rotatable bonds is 11. The van der Waals surface area contributed by atoms with Crippen LogP contribution in [0.25, 0.3) is 0 Å². The largest absolute Gasteiger partial charge is 0.391 e. The van der Waals surface area contributed by atoms with Crippen LogP contribution in [0.2, 0.25) is 0 Å². The van der Waals surface area contributed by atoms with Gasteiger partial charge in [0.2, 0.25) is 0 Å². The lowest BCUT2D eigenvalue weighted by molar-refractivity contribution is 0.0222. The maximum Gasteiger partial charge on any atom is 0.0774 e. The maximum absolute atomic E-state index is 9.94. The molecule has 1 aromatic rings. The first-order valence-electron chi connectivity index (χ1n) is 7.68. The molecule has 1 N–H and O–H groups in total. The molecule has 0 aromatic heterocycles. The highest BCUT2D eigenvalue weighted by atomic mass is 16.5. The summed E-state index contributed by atoms with van der Waals surface area (Å²) in [7, 11) is 0. The van der Waals surface area contributed by atoms with Crippen LogP contribution >= 0.6 is 0 Å². The van der Waals surface area contributed by atoms with Crippen LogP contribution < -0.4 is 0 Å². The monoisotopic (exact) mass is 276 g/mol. The van der Waals surface area contributed by atoms with Gasteiger partial charge in [0, 0.05) is 0 Å². The van der Waals surface area contributed by atoms with Crippen LogP contribution in [-0.2, 0) is 11.3 Å². The van der Waals surface area contributed by atoms with Crippen LogP contribution in [0.15, 0.2) is 43.0 Å². The fourth-order valence-corrected chi connectivity index (χ4v) is 2.22. The summed E-state index contributed by atoms with van der Waals surface area (Å²) in [4.78, 5) is 0. The molecule has 2 unspecified atom stereocenters. The van der Waals surface area contributed by atoms with Gasteiger partial charge in [-0.1, -0.05) is 56.2 Å². The molecule has 0 heterocycles. The van der Waals surface area contributed by atoms with E-state index in [0.29, 0.717) is 19.1 Å². The number of aliphatic hydroxyl groups excluding tert-OH is 1. The van der Waals surface area contributed by atoms with E-state index in [2.05, 4.69) is 13.5 Å². The molecule has 0 fully saturated rings. The van der Waals surface area contributed by atoms with E-state index in [0.717, 1.165) is 18.4 Å². The molecule has 0 bridgehead atoms. The number of allylic oxidation sites excluding steroid dienone is 1. The summed E-state index contributed by atoms with van der Waals surface area (Å²) in [5.74, 6) is 0.527. The fourth-order valence-electron chi connectivity index (χ4n) is 2.22. The predicted octanol–water partition coefficient (Wildman–Crippen LogP) is 4.34. The van der Waals surface area contributed by atoms with E-state index in [9.17, 15) is 5.11 Å². The molecular weight excluding hydrogens is 248 g/mol. The summed E-state index contributed by atoms with van der Waals surface area (Å²) in [5, 5.41) is 9.94. The normalized spacial score (nSPS) is 13.9. The number of hydrogen-bond donors (Lipinski definition) is 1. The summed E-state index contributed by atoms with van der Waals surface area (Å²) < 4.78 is 5.55. The van der Waals surface area contributed by atoms with E-state index in [1.807, 2.05) is 36.4 Å². The molecule has 0 aliphatic rings. The number of hydrogen-bond acceptors (Lipinski definition) is 2. The van der Waals surface area contributed by atoms with Gasteiger partial charge in [-0.2, -0.15) is 0 Å². The lowest BCUT2D eigenvalue weighted by Crippen LogP contribution is -2.16. The van der Waals surface area contributed by atoms with Crippen LogP contribution in [-0.4, -0.2) is 17.8 Å². The van der Waals surface area contributed by atoms with Gasteiger partial charge >= 0.3 is 0 Å². The van der Waals surface area contributed by atoms with E-state index in [4.69, 9.17) is 4.74 Å². The van der Waals surface area contributed by atoms with Crippen LogP contribution in [0.4, 0.5) is 0 Å². The van der Waals surface area contributed by atoms with Gasteiger partial charge in [0.1, 0.15) is 0 Å². The Morgan fingerprint density at radius 1 is 1.20 bits per heavy atom. The van der Waals surface area contributed by atoms with Crippen molar-refractivity contribution in [3.63, 3.8) is 0 Å². The van der Waals surface area contributed by atoms with Crippen LogP contribution in [0, 0.1) is 5.92 Å². The topological polar surface area (TPSA) is 29.5 Å². The Bertz CT molecular complexity index is 348. The smallest absolute Gasteiger partial charge is 0.0774 e. The SMILES string of the molecule is C=CC(CCCC)CCC(O)COCc1ccccc1. The molecule has 0 amide bonds. The average Bonchev–Trinajstić information content (AvgIpc) is 2.48. The summed E-state index contributed by atoms with van der Waals surface area (Å²) in [5.41, 5.74) is 1.15. The van der Waals surface area contributed by atoms with E-state index < -0.39 is 0 Å². The Morgan fingerprint density at radius 2 is 1.95 bits per heavy atom. The Labute approximate surface area is 123 Å². The molecule has 0 aliphatic carbocycles. The average molecular weight is 276 g/mol. The van der Waals surface area contributed by atoms with Gasteiger partial charge in [0.15, 0.2) is 0 Å². The zero-order chi connectivity index (χ0) is 14.6. The molecule has 0 saturated carbocycles. The van der Waals surface area contributed by atoms with Crippen molar-refractivity contribution in [3.8, 4) is 0 Å². The summed E-state index contributed by atoms with van der Waals surface area (Å²) in [6.45, 7) is 7.06. The van der Waals surface area contributed by atoms with Gasteiger partial charge in [-0.15, -0.1) is 6.58 Å². The summed E-state index contributed by atoms with van der Waals surface area (Å²) >= 11 is 0. The van der Waals surface area contributed by atoms with Crippen molar-refractivity contribution >= 4 is 0 Å². The number of aliphatic hydroxyl groups is 1. The Balaban J connectivity index is 2.13. The van der Waals surface area contributed by atoms with Gasteiger partial charge in [0.05, 0.1) is 19.3 Å². The molecule has 0 aliphatic heterocycles. The van der Waals surface area contributed by atoms with Crippen molar-refractivity contribution in [1.82, 2.24) is 0 Å². The highest BCUT2D eigenvalue weighted by Crippen LogP contribution is 2.17. The molecule has 0 saturated heterocycles. The molecule has 0 spiro atoms. The summed E-state index contributed by atoms with van der Waals surface area (Å²) in [6.07, 6.45) is 7.06. The first-order valence-corrected chi connectivity index (χ1v) is 7.68. The van der Waals surface area contributed by atoms with Crippen molar-refractivity contribution in [2.45, 2.75) is 51.7 Å². The minimum absolute atomic E-state index is 0.372. The second-order valence-corrected chi connectivity index (χ2v) is 5.37. The van der Waals surface area contributed by atoms with Crippen LogP contribution in [0.1, 0.15) is 44.6 Å². The highest BCUT2D eigenvalue weighted by molar-refractivity contribution is 5.13. The molecule has 0 radical (unpaired) electrons. The predicted molar refractivity (Wildman–Crippen MR) is 84.6 cm³/mol. The zero-order valence-electron chi connectivity index (χ0n) is 12.6. The van der Waals surface area contributed by atoms with Crippen molar-refractivity contribution in [1.29, 1.82) is 0 Å². The molecule has 2 atom stereocenters. The molecule has 2 nitrogen and oxygen atoms in total. The second kappa shape index (κ2) is 10.6. The Kier molecular flexibility index (Phi) is 9.01. The minimum Gasteiger partial charge on any atom is -0.391 e. The third-order valence-electron chi connectivity index (χ3n) is 3.55. The van der Waals surface area contributed by atoms with Crippen molar-refractivity contribution < 1.29 is 9.84 Å². The van der Waals surface area contributed by atoms with Gasteiger partial charge in [-0.25, -0.2) is 0 Å². The van der Waals surface area contributed by atoms with Crippen LogP contribution in [0.3, 0.4) is 0 Å². The van der Waals surface area contributed by atoms with Gasteiger partial charge in [-0.3, -0.25) is 0 Å². The number of ether oxygens (including phenoxy) is 1. The highest BCUT2D eigenvalue weighted by Gasteiger charge is 2.09. The molecule has 1 rings (SSSR count). The Morgan fingerprint density at radius 3 is 2.60 bits per heavy atom. The molecule has 112 valence electrons. The van der Waals surface area contributed by atoms with Crippen molar-refractivity contribution in [3.05, 3.63) is 48.6 Å². The van der Waals surface area contributed by atoms with Crippen molar-refractivity contribution in [2.75, 3.05) is 6.61 Å². The standard InChI is InChI=1S/C18H28O2/c1-3-5-9-16(4-2)12-13-18(19)15-20-14-17-10-7-6-8-11-17/h4,6-8,10-11,16,18-19H,2-3,5,9,12-15H2,1H3. The van der Waals surface area contributed by atoms with Gasteiger partial charge < -0.3 is 9.84 Å². The second-order valence-electron chi connectivity index (χ2n) is 5.37. The van der Waals surface area contributed by atoms with Crippen LogP contribution in [0.5, 0.6) is 0 Å². The van der Waals surface area contributed by atoms with E-state index in [1.54, 1.807) is 0 Å². The Hall–Kier alpha value is -1.12.